The van der Waals surface area contributed by atoms with Gasteiger partial charge in [0.25, 0.3) is 0 Å². The van der Waals surface area contributed by atoms with Crippen LogP contribution >= 0.6 is 11.3 Å². The molecule has 1 fully saturated rings. The second-order valence-corrected chi connectivity index (χ2v) is 6.34. The minimum atomic E-state index is 0.251. The van der Waals surface area contributed by atoms with Crippen LogP contribution in [0.25, 0.3) is 0 Å². The maximum absolute atomic E-state index is 12.3. The average molecular weight is 281 g/mol. The molecule has 0 aromatic carbocycles. The number of nitrogens with zero attached hydrogens (tertiary/aromatic N) is 1. The molecule has 0 spiro atoms. The van der Waals surface area contributed by atoms with Crippen molar-refractivity contribution in [2.45, 2.75) is 45.1 Å². The number of aliphatic hydroxyl groups is 1. The fraction of sp³-hybridized carbons (Fsp3) is 0.667. The molecule has 1 saturated heterocycles. The molecule has 4 heteroatoms. The summed E-state index contributed by atoms with van der Waals surface area (Å²) in [6.07, 6.45) is 5.19. The van der Waals surface area contributed by atoms with E-state index in [-0.39, 0.29) is 12.4 Å². The number of carbonyl (C=O) groups excluding carboxylic acids is 1. The Balaban J connectivity index is 1.90. The zero-order valence-corrected chi connectivity index (χ0v) is 12.4. The van der Waals surface area contributed by atoms with Gasteiger partial charge in [-0.15, -0.1) is 11.3 Å². The van der Waals surface area contributed by atoms with Gasteiger partial charge >= 0.3 is 0 Å². The standard InChI is InChI=1S/C15H23NO2S/c1-2-13-7-8-15(19-13)14(18)11-16-9-3-5-12(16)6-4-10-17/h7-8,12,17H,2-6,9-11H2,1H3. The summed E-state index contributed by atoms with van der Waals surface area (Å²) in [6.45, 7) is 3.93. The van der Waals surface area contributed by atoms with Crippen molar-refractivity contribution in [1.82, 2.24) is 4.90 Å². The number of hydrogen-bond acceptors (Lipinski definition) is 4. The summed E-state index contributed by atoms with van der Waals surface area (Å²) in [5.41, 5.74) is 0. The molecule has 0 aliphatic carbocycles. The molecular weight excluding hydrogens is 258 g/mol. The molecule has 1 aromatic rings. The van der Waals surface area contributed by atoms with Gasteiger partial charge in [-0.25, -0.2) is 0 Å². The van der Waals surface area contributed by atoms with Crippen LogP contribution in [-0.4, -0.2) is 41.5 Å². The third-order valence-electron chi connectivity index (χ3n) is 3.83. The monoisotopic (exact) mass is 281 g/mol. The number of ketones is 1. The third-order valence-corrected chi connectivity index (χ3v) is 5.10. The molecule has 1 N–H and O–H groups in total. The lowest BCUT2D eigenvalue weighted by Crippen LogP contribution is -2.34. The first-order valence-electron chi connectivity index (χ1n) is 7.21. The summed E-state index contributed by atoms with van der Waals surface area (Å²) in [7, 11) is 0. The van der Waals surface area contributed by atoms with Crippen molar-refractivity contribution in [3.8, 4) is 0 Å². The predicted octanol–water partition coefficient (Wildman–Crippen LogP) is 2.73. The first-order valence-corrected chi connectivity index (χ1v) is 8.03. The van der Waals surface area contributed by atoms with Gasteiger partial charge in [-0.2, -0.15) is 0 Å². The van der Waals surface area contributed by atoms with E-state index in [1.807, 2.05) is 6.07 Å². The minimum Gasteiger partial charge on any atom is -0.396 e. The second kappa shape index (κ2) is 7.17. The van der Waals surface area contributed by atoms with Crippen molar-refractivity contribution in [1.29, 1.82) is 0 Å². The van der Waals surface area contributed by atoms with E-state index in [0.29, 0.717) is 12.6 Å². The highest BCUT2D eigenvalue weighted by molar-refractivity contribution is 7.14. The van der Waals surface area contributed by atoms with E-state index in [0.717, 1.165) is 37.1 Å². The quantitative estimate of drug-likeness (QED) is 0.781. The Kier molecular flexibility index (Phi) is 5.55. The molecular formula is C15H23NO2S. The van der Waals surface area contributed by atoms with Gasteiger partial charge in [0, 0.05) is 17.5 Å². The van der Waals surface area contributed by atoms with Crippen LogP contribution in [0.2, 0.25) is 0 Å². The smallest absolute Gasteiger partial charge is 0.186 e. The lowest BCUT2D eigenvalue weighted by atomic mass is 10.1. The number of aliphatic hydroxyl groups excluding tert-OH is 1. The molecule has 19 heavy (non-hydrogen) atoms. The van der Waals surface area contributed by atoms with E-state index in [2.05, 4.69) is 17.9 Å². The van der Waals surface area contributed by atoms with Crippen LogP contribution in [-0.2, 0) is 6.42 Å². The van der Waals surface area contributed by atoms with Crippen molar-refractivity contribution in [3.63, 3.8) is 0 Å². The minimum absolute atomic E-state index is 0.251. The van der Waals surface area contributed by atoms with E-state index < -0.39 is 0 Å². The van der Waals surface area contributed by atoms with Crippen molar-refractivity contribution in [3.05, 3.63) is 21.9 Å². The Morgan fingerprint density at radius 3 is 3.05 bits per heavy atom. The summed E-state index contributed by atoms with van der Waals surface area (Å²) in [5.74, 6) is 0.251. The predicted molar refractivity (Wildman–Crippen MR) is 78.9 cm³/mol. The Morgan fingerprint density at radius 1 is 1.53 bits per heavy atom. The van der Waals surface area contributed by atoms with Crippen LogP contribution < -0.4 is 0 Å². The van der Waals surface area contributed by atoms with Crippen LogP contribution in [0.4, 0.5) is 0 Å². The van der Waals surface area contributed by atoms with Crippen LogP contribution in [0.3, 0.4) is 0 Å². The molecule has 3 nitrogen and oxygen atoms in total. The molecule has 106 valence electrons. The number of aryl methyl sites for hydroxylation is 1. The summed E-state index contributed by atoms with van der Waals surface area (Å²) in [5, 5.41) is 8.92. The number of thiophene rings is 1. The van der Waals surface area contributed by atoms with Crippen LogP contribution in [0.1, 0.15) is 47.2 Å². The Bertz CT molecular complexity index is 416. The number of likely N-dealkylation sites (tertiary alicyclic amines) is 1. The van der Waals surface area contributed by atoms with Gasteiger partial charge in [0.15, 0.2) is 5.78 Å². The van der Waals surface area contributed by atoms with E-state index in [1.165, 1.54) is 11.3 Å². The zero-order chi connectivity index (χ0) is 13.7. The molecule has 1 aromatic heterocycles. The molecule has 1 unspecified atom stereocenters. The summed E-state index contributed by atoms with van der Waals surface area (Å²) >= 11 is 1.63. The third kappa shape index (κ3) is 3.88. The zero-order valence-electron chi connectivity index (χ0n) is 11.6. The first-order chi connectivity index (χ1) is 9.24. The molecule has 0 saturated carbocycles. The van der Waals surface area contributed by atoms with E-state index in [9.17, 15) is 4.79 Å². The molecule has 0 bridgehead atoms. The maximum atomic E-state index is 12.3. The second-order valence-electron chi connectivity index (χ2n) is 5.18. The summed E-state index contributed by atoms with van der Waals surface area (Å²) in [6, 6.07) is 4.51. The molecule has 1 aliphatic heterocycles. The van der Waals surface area contributed by atoms with Gasteiger partial charge in [0.05, 0.1) is 11.4 Å². The van der Waals surface area contributed by atoms with Gasteiger partial charge < -0.3 is 5.11 Å². The number of hydrogen-bond donors (Lipinski definition) is 1. The number of rotatable bonds is 7. The van der Waals surface area contributed by atoms with Gasteiger partial charge in [-0.1, -0.05) is 6.92 Å². The van der Waals surface area contributed by atoms with Crippen LogP contribution in [0, 0.1) is 0 Å². The van der Waals surface area contributed by atoms with Crippen molar-refractivity contribution >= 4 is 17.1 Å². The van der Waals surface area contributed by atoms with E-state index in [1.54, 1.807) is 11.3 Å². The lowest BCUT2D eigenvalue weighted by molar-refractivity contribution is 0.0920. The average Bonchev–Trinajstić information content (AvgIpc) is 3.05. The highest BCUT2D eigenvalue weighted by Gasteiger charge is 2.26. The largest absolute Gasteiger partial charge is 0.396 e. The number of carbonyl (C=O) groups is 1. The molecule has 1 atom stereocenters. The summed E-state index contributed by atoms with van der Waals surface area (Å²) < 4.78 is 0. The first kappa shape index (κ1) is 14.7. The van der Waals surface area contributed by atoms with Crippen molar-refractivity contribution in [2.75, 3.05) is 19.7 Å². The van der Waals surface area contributed by atoms with E-state index in [4.69, 9.17) is 5.11 Å². The molecule has 0 radical (unpaired) electrons. The van der Waals surface area contributed by atoms with Gasteiger partial charge in [0.1, 0.15) is 0 Å². The maximum Gasteiger partial charge on any atom is 0.186 e. The molecule has 0 amide bonds. The molecule has 2 heterocycles. The topological polar surface area (TPSA) is 40.5 Å². The van der Waals surface area contributed by atoms with Crippen LogP contribution in [0.5, 0.6) is 0 Å². The van der Waals surface area contributed by atoms with Gasteiger partial charge in [-0.3, -0.25) is 9.69 Å². The normalized spacial score (nSPS) is 20.0. The molecule has 1 aliphatic rings. The fourth-order valence-electron chi connectivity index (χ4n) is 2.74. The highest BCUT2D eigenvalue weighted by atomic mass is 32.1. The Labute approximate surface area is 119 Å². The van der Waals surface area contributed by atoms with Crippen LogP contribution in [0.15, 0.2) is 12.1 Å². The Hall–Kier alpha value is -0.710. The summed E-state index contributed by atoms with van der Waals surface area (Å²) in [4.78, 5) is 16.7. The Morgan fingerprint density at radius 2 is 2.37 bits per heavy atom. The van der Waals surface area contributed by atoms with E-state index >= 15 is 0 Å². The molecule has 2 rings (SSSR count). The highest BCUT2D eigenvalue weighted by Crippen LogP contribution is 2.23. The fourth-order valence-corrected chi connectivity index (χ4v) is 3.61. The SMILES string of the molecule is CCc1ccc(C(=O)CN2CCCC2CCCO)s1. The van der Waals surface area contributed by atoms with Crippen molar-refractivity contribution < 1.29 is 9.90 Å². The van der Waals surface area contributed by atoms with Gasteiger partial charge in [-0.05, 0) is 50.8 Å². The lowest BCUT2D eigenvalue weighted by Gasteiger charge is -2.23. The van der Waals surface area contributed by atoms with Crippen molar-refractivity contribution in [2.24, 2.45) is 0 Å². The van der Waals surface area contributed by atoms with Gasteiger partial charge in [0.2, 0.25) is 0 Å². The number of Topliss-reactive ketones (excluding diaryl/α,β-unsaturated/α-hetero) is 1.